The summed E-state index contributed by atoms with van der Waals surface area (Å²) in [4.78, 5) is 20.4. The molecule has 2 heterocycles. The van der Waals surface area contributed by atoms with Crippen LogP contribution in [0.4, 0.5) is 4.79 Å². The fourth-order valence-electron chi connectivity index (χ4n) is 3.82. The van der Waals surface area contributed by atoms with E-state index in [2.05, 4.69) is 27.1 Å². The van der Waals surface area contributed by atoms with Gasteiger partial charge < -0.3 is 4.90 Å². The van der Waals surface area contributed by atoms with Crippen LogP contribution in [0.25, 0.3) is 0 Å². The first-order valence-electron chi connectivity index (χ1n) is 9.98. The zero-order valence-electron chi connectivity index (χ0n) is 17.1. The summed E-state index contributed by atoms with van der Waals surface area (Å²) in [5.74, 6) is -0.0429. The minimum Gasteiger partial charge on any atom is -0.320 e. The third-order valence-electron chi connectivity index (χ3n) is 5.45. The molecular formula is C23H18N8O. The molecule has 156 valence electrons. The van der Waals surface area contributed by atoms with Crippen molar-refractivity contribution in [1.29, 1.82) is 15.8 Å². The standard InChI is InChI=1S/C23H18N8O/c24-13-17-1-5-19(6-2-17)22(20-7-3-18(14-25)4-8-20)29-9-11-30(12-10-29)23(32)31-16-27-21(15-26)28-31/h1-8,16,22H,9-12H2. The highest BCUT2D eigenvalue weighted by Crippen LogP contribution is 2.30. The lowest BCUT2D eigenvalue weighted by atomic mass is 9.95. The van der Waals surface area contributed by atoms with Gasteiger partial charge in [0.2, 0.25) is 0 Å². The second-order valence-corrected chi connectivity index (χ2v) is 7.30. The van der Waals surface area contributed by atoms with Crippen LogP contribution in [0.2, 0.25) is 0 Å². The van der Waals surface area contributed by atoms with Crippen molar-refractivity contribution in [2.24, 2.45) is 0 Å². The molecule has 0 spiro atoms. The maximum absolute atomic E-state index is 12.7. The van der Waals surface area contributed by atoms with Crippen LogP contribution in [-0.4, -0.2) is 56.8 Å². The van der Waals surface area contributed by atoms with E-state index >= 15 is 0 Å². The SMILES string of the molecule is N#Cc1ccc(C(c2ccc(C#N)cc2)N2CCN(C(=O)n3cnc(C#N)n3)CC2)cc1. The van der Waals surface area contributed by atoms with Crippen LogP contribution < -0.4 is 0 Å². The summed E-state index contributed by atoms with van der Waals surface area (Å²) in [6.45, 7) is 2.22. The third-order valence-corrected chi connectivity index (χ3v) is 5.45. The molecule has 0 atom stereocenters. The Bertz CT molecular complexity index is 1180. The van der Waals surface area contributed by atoms with Gasteiger partial charge in [-0.15, -0.1) is 5.10 Å². The molecule has 0 saturated carbocycles. The Morgan fingerprint density at radius 1 is 0.812 bits per heavy atom. The van der Waals surface area contributed by atoms with Gasteiger partial charge in [0.1, 0.15) is 12.4 Å². The number of nitriles is 3. The van der Waals surface area contributed by atoms with Gasteiger partial charge in [-0.1, -0.05) is 24.3 Å². The summed E-state index contributed by atoms with van der Waals surface area (Å²) in [5.41, 5.74) is 3.24. The Labute approximate surface area is 185 Å². The number of amides is 1. The highest BCUT2D eigenvalue weighted by Gasteiger charge is 2.29. The molecule has 2 aromatic carbocycles. The van der Waals surface area contributed by atoms with Crippen molar-refractivity contribution >= 4 is 6.03 Å². The number of carbonyl (C=O) groups is 1. The average molecular weight is 422 g/mol. The summed E-state index contributed by atoms with van der Waals surface area (Å²) in [6.07, 6.45) is 1.25. The molecule has 3 aromatic rings. The molecular weight excluding hydrogens is 404 g/mol. The first-order valence-corrected chi connectivity index (χ1v) is 9.98. The number of rotatable bonds is 3. The largest absolute Gasteiger partial charge is 0.346 e. The fraction of sp³-hybridized carbons (Fsp3) is 0.217. The number of hydrogen-bond acceptors (Lipinski definition) is 7. The topological polar surface area (TPSA) is 126 Å². The zero-order valence-corrected chi connectivity index (χ0v) is 17.1. The van der Waals surface area contributed by atoms with Crippen molar-refractivity contribution in [1.82, 2.24) is 24.6 Å². The predicted octanol–water partition coefficient (Wildman–Crippen LogP) is 2.27. The molecule has 0 radical (unpaired) electrons. The molecule has 32 heavy (non-hydrogen) atoms. The first kappa shape index (κ1) is 20.7. The predicted molar refractivity (Wildman–Crippen MR) is 113 cm³/mol. The minimum atomic E-state index is -0.313. The molecule has 0 unspecified atom stereocenters. The Morgan fingerprint density at radius 3 is 1.78 bits per heavy atom. The summed E-state index contributed by atoms with van der Waals surface area (Å²) >= 11 is 0. The van der Waals surface area contributed by atoms with Crippen LogP contribution in [0.5, 0.6) is 0 Å². The van der Waals surface area contributed by atoms with Gasteiger partial charge in [-0.3, -0.25) is 4.90 Å². The fourth-order valence-corrected chi connectivity index (χ4v) is 3.82. The average Bonchev–Trinajstić information content (AvgIpc) is 3.34. The van der Waals surface area contributed by atoms with Crippen LogP contribution in [0.15, 0.2) is 54.9 Å². The van der Waals surface area contributed by atoms with Crippen LogP contribution in [-0.2, 0) is 0 Å². The molecule has 1 saturated heterocycles. The van der Waals surface area contributed by atoms with E-state index in [1.54, 1.807) is 29.2 Å². The quantitative estimate of drug-likeness (QED) is 0.634. The summed E-state index contributed by atoms with van der Waals surface area (Å²) in [7, 11) is 0. The van der Waals surface area contributed by atoms with E-state index in [9.17, 15) is 4.79 Å². The normalized spacial score (nSPS) is 13.9. The van der Waals surface area contributed by atoms with Gasteiger partial charge in [-0.05, 0) is 35.4 Å². The molecule has 0 N–H and O–H groups in total. The van der Waals surface area contributed by atoms with E-state index in [1.807, 2.05) is 30.3 Å². The van der Waals surface area contributed by atoms with Crippen molar-refractivity contribution < 1.29 is 4.79 Å². The van der Waals surface area contributed by atoms with E-state index < -0.39 is 0 Å². The second kappa shape index (κ2) is 9.09. The van der Waals surface area contributed by atoms with Crippen LogP contribution in [0, 0.1) is 34.0 Å². The van der Waals surface area contributed by atoms with Crippen LogP contribution >= 0.6 is 0 Å². The Balaban J connectivity index is 1.55. The van der Waals surface area contributed by atoms with Crippen molar-refractivity contribution in [2.75, 3.05) is 26.2 Å². The summed E-state index contributed by atoms with van der Waals surface area (Å²) in [5, 5.41) is 31.0. The molecule has 1 fully saturated rings. The van der Waals surface area contributed by atoms with Gasteiger partial charge in [-0.25, -0.2) is 9.78 Å². The lowest BCUT2D eigenvalue weighted by Gasteiger charge is -2.39. The van der Waals surface area contributed by atoms with E-state index in [1.165, 1.54) is 6.33 Å². The summed E-state index contributed by atoms with van der Waals surface area (Å²) < 4.78 is 1.09. The maximum Gasteiger partial charge on any atom is 0.346 e. The lowest BCUT2D eigenvalue weighted by molar-refractivity contribution is 0.119. The number of aromatic nitrogens is 3. The Hall–Kier alpha value is -4.52. The van der Waals surface area contributed by atoms with Crippen molar-refractivity contribution in [3.63, 3.8) is 0 Å². The number of piperazine rings is 1. The summed E-state index contributed by atoms with van der Waals surface area (Å²) in [6, 6.07) is 20.7. The second-order valence-electron chi connectivity index (χ2n) is 7.30. The molecule has 1 aromatic heterocycles. The molecule has 1 amide bonds. The van der Waals surface area contributed by atoms with E-state index in [0.717, 1.165) is 15.8 Å². The van der Waals surface area contributed by atoms with Crippen LogP contribution in [0.1, 0.15) is 34.1 Å². The van der Waals surface area contributed by atoms with Gasteiger partial charge in [0.15, 0.2) is 0 Å². The minimum absolute atomic E-state index is 0.0429. The number of benzene rings is 2. The van der Waals surface area contributed by atoms with Gasteiger partial charge >= 0.3 is 6.03 Å². The monoisotopic (exact) mass is 422 g/mol. The number of hydrogen-bond donors (Lipinski definition) is 0. The molecule has 9 nitrogen and oxygen atoms in total. The van der Waals surface area contributed by atoms with Crippen molar-refractivity contribution in [3.8, 4) is 18.2 Å². The van der Waals surface area contributed by atoms with Crippen molar-refractivity contribution in [2.45, 2.75) is 6.04 Å². The highest BCUT2D eigenvalue weighted by atomic mass is 16.2. The zero-order chi connectivity index (χ0) is 22.5. The van der Waals surface area contributed by atoms with Gasteiger partial charge in [-0.2, -0.15) is 20.5 Å². The number of nitrogens with zero attached hydrogens (tertiary/aromatic N) is 8. The molecule has 0 bridgehead atoms. The Morgan fingerprint density at radius 2 is 1.34 bits per heavy atom. The van der Waals surface area contributed by atoms with Crippen molar-refractivity contribution in [3.05, 3.63) is 82.9 Å². The third kappa shape index (κ3) is 4.17. The van der Waals surface area contributed by atoms with Crippen LogP contribution in [0.3, 0.4) is 0 Å². The van der Waals surface area contributed by atoms with Gasteiger partial charge in [0.25, 0.3) is 5.82 Å². The van der Waals surface area contributed by atoms with E-state index in [4.69, 9.17) is 15.8 Å². The molecule has 4 rings (SSSR count). The smallest absolute Gasteiger partial charge is 0.320 e. The van der Waals surface area contributed by atoms with E-state index in [-0.39, 0.29) is 17.9 Å². The molecule has 1 aliphatic rings. The maximum atomic E-state index is 12.7. The molecule has 0 aliphatic carbocycles. The molecule has 1 aliphatic heterocycles. The van der Waals surface area contributed by atoms with E-state index in [0.29, 0.717) is 37.3 Å². The first-order chi connectivity index (χ1) is 15.6. The lowest BCUT2D eigenvalue weighted by Crippen LogP contribution is -2.51. The Kier molecular flexibility index (Phi) is 5.89. The number of carbonyl (C=O) groups excluding carboxylic acids is 1. The highest BCUT2D eigenvalue weighted by molar-refractivity contribution is 5.75. The van der Waals surface area contributed by atoms with Gasteiger partial charge in [0, 0.05) is 26.2 Å². The van der Waals surface area contributed by atoms with Gasteiger partial charge in [0.05, 0.1) is 29.3 Å². The molecule has 9 heteroatoms.